The third-order valence-electron chi connectivity index (χ3n) is 4.12. The molecule has 5 nitrogen and oxygen atoms in total. The van der Waals surface area contributed by atoms with Crippen molar-refractivity contribution >= 4 is 17.7 Å². The first-order valence-electron chi connectivity index (χ1n) is 7.89. The van der Waals surface area contributed by atoms with Crippen molar-refractivity contribution in [3.8, 4) is 17.4 Å². The van der Waals surface area contributed by atoms with Gasteiger partial charge in [-0.3, -0.25) is 4.90 Å². The highest BCUT2D eigenvalue weighted by Gasteiger charge is 2.15. The van der Waals surface area contributed by atoms with Gasteiger partial charge in [0.2, 0.25) is 0 Å². The number of likely N-dealkylation sites (N-methyl/N-ethyl adjacent to an activating group) is 1. The Morgan fingerprint density at radius 1 is 1.33 bits per heavy atom. The van der Waals surface area contributed by atoms with Gasteiger partial charge in [0.1, 0.15) is 5.69 Å². The van der Waals surface area contributed by atoms with Gasteiger partial charge in [-0.25, -0.2) is 0 Å². The van der Waals surface area contributed by atoms with Crippen molar-refractivity contribution in [2.24, 2.45) is 0 Å². The smallest absolute Gasteiger partial charge is 0.168 e. The lowest BCUT2D eigenvalue weighted by atomic mass is 10.1. The number of nitrogens with zero attached hydrogens (tertiary/aromatic N) is 4. The van der Waals surface area contributed by atoms with Crippen LogP contribution < -0.4 is 0 Å². The summed E-state index contributed by atoms with van der Waals surface area (Å²) in [4.78, 5) is 4.57. The van der Waals surface area contributed by atoms with Crippen molar-refractivity contribution in [2.75, 3.05) is 39.8 Å². The van der Waals surface area contributed by atoms with Crippen LogP contribution in [-0.2, 0) is 0 Å². The largest absolute Gasteiger partial charge is 0.356 e. The Hall–Kier alpha value is -2.13. The molecular weight excluding hydrogens is 324 g/mol. The molecule has 1 aromatic heterocycles. The second-order valence-electron chi connectivity index (χ2n) is 5.96. The molecule has 6 heteroatoms. The Balaban J connectivity index is 1.73. The van der Waals surface area contributed by atoms with Crippen LogP contribution in [0.2, 0.25) is 5.02 Å². The number of nitriles is 1. The summed E-state index contributed by atoms with van der Waals surface area (Å²) in [5.74, 6) is 0.601. The lowest BCUT2D eigenvalue weighted by Gasteiger charge is -2.32. The van der Waals surface area contributed by atoms with Crippen molar-refractivity contribution in [3.63, 3.8) is 0 Å². The van der Waals surface area contributed by atoms with Gasteiger partial charge in [-0.2, -0.15) is 5.26 Å². The minimum Gasteiger partial charge on any atom is -0.356 e. The van der Waals surface area contributed by atoms with Gasteiger partial charge in [0.15, 0.2) is 5.76 Å². The zero-order chi connectivity index (χ0) is 16.9. The molecular formula is C18H19ClN4O. The van der Waals surface area contributed by atoms with Gasteiger partial charge in [-0.05, 0) is 25.3 Å². The number of hydrogen-bond donors (Lipinski definition) is 0. The van der Waals surface area contributed by atoms with E-state index in [0.29, 0.717) is 28.6 Å². The molecule has 3 rings (SSSR count). The molecule has 0 N–H and O–H groups in total. The zero-order valence-electron chi connectivity index (χ0n) is 13.6. The SMILES string of the molecule is CN1CCN(C/C(C#N)=C\c2cc(-c3ccccc3Cl)on2)CC1. The van der Waals surface area contributed by atoms with E-state index in [9.17, 15) is 5.26 Å². The van der Waals surface area contributed by atoms with E-state index in [4.69, 9.17) is 16.1 Å². The predicted octanol–water partition coefficient (Wildman–Crippen LogP) is 3.15. The Labute approximate surface area is 146 Å². The summed E-state index contributed by atoms with van der Waals surface area (Å²) in [6, 6.07) is 11.5. The lowest BCUT2D eigenvalue weighted by Crippen LogP contribution is -2.44. The Kier molecular flexibility index (Phi) is 5.31. The first-order valence-corrected chi connectivity index (χ1v) is 8.26. The van der Waals surface area contributed by atoms with Crippen LogP contribution in [0.4, 0.5) is 0 Å². The molecule has 24 heavy (non-hydrogen) atoms. The fraction of sp³-hybridized carbons (Fsp3) is 0.333. The van der Waals surface area contributed by atoms with Crippen LogP contribution in [0.3, 0.4) is 0 Å². The van der Waals surface area contributed by atoms with Gasteiger partial charge in [0, 0.05) is 49.9 Å². The fourth-order valence-electron chi connectivity index (χ4n) is 2.68. The van der Waals surface area contributed by atoms with Gasteiger partial charge in [-0.1, -0.05) is 28.9 Å². The van der Waals surface area contributed by atoms with E-state index in [-0.39, 0.29) is 0 Å². The summed E-state index contributed by atoms with van der Waals surface area (Å²) in [6.45, 7) is 4.63. The summed E-state index contributed by atoms with van der Waals surface area (Å²) in [7, 11) is 2.12. The van der Waals surface area contributed by atoms with Crippen molar-refractivity contribution < 1.29 is 4.52 Å². The molecule has 1 aromatic carbocycles. The van der Waals surface area contributed by atoms with Crippen molar-refractivity contribution in [2.45, 2.75) is 0 Å². The lowest BCUT2D eigenvalue weighted by molar-refractivity contribution is 0.165. The average Bonchev–Trinajstić information content (AvgIpc) is 3.05. The molecule has 2 aromatic rings. The summed E-state index contributed by atoms with van der Waals surface area (Å²) >= 11 is 6.18. The predicted molar refractivity (Wildman–Crippen MR) is 94.5 cm³/mol. The number of benzene rings is 1. The molecule has 0 aliphatic carbocycles. The van der Waals surface area contributed by atoms with Crippen molar-refractivity contribution in [1.82, 2.24) is 15.0 Å². The normalized spacial score (nSPS) is 17.0. The van der Waals surface area contributed by atoms with Gasteiger partial charge < -0.3 is 9.42 Å². The molecule has 1 saturated heterocycles. The molecule has 124 valence electrons. The van der Waals surface area contributed by atoms with Crippen LogP contribution in [-0.4, -0.2) is 54.7 Å². The van der Waals surface area contributed by atoms with Gasteiger partial charge >= 0.3 is 0 Å². The van der Waals surface area contributed by atoms with E-state index in [1.807, 2.05) is 30.3 Å². The van der Waals surface area contributed by atoms with Crippen LogP contribution in [0, 0.1) is 11.3 Å². The standard InChI is InChI=1S/C18H19ClN4O/c1-22-6-8-23(9-7-22)13-14(12-20)10-15-11-18(24-21-15)16-4-2-3-5-17(16)19/h2-5,10-11H,6-9,13H2,1H3/b14-10-. The van der Waals surface area contributed by atoms with Crippen LogP contribution in [0.15, 0.2) is 40.4 Å². The number of piperazine rings is 1. The van der Waals surface area contributed by atoms with E-state index >= 15 is 0 Å². The summed E-state index contributed by atoms with van der Waals surface area (Å²) in [5, 5.41) is 14.1. The van der Waals surface area contributed by atoms with E-state index < -0.39 is 0 Å². The quantitative estimate of drug-likeness (QED) is 0.799. The molecule has 1 aliphatic heterocycles. The van der Waals surface area contributed by atoms with E-state index in [1.54, 1.807) is 6.08 Å². The molecule has 0 unspecified atom stereocenters. The van der Waals surface area contributed by atoms with Crippen LogP contribution in [0.25, 0.3) is 17.4 Å². The van der Waals surface area contributed by atoms with Crippen LogP contribution in [0.1, 0.15) is 5.69 Å². The van der Waals surface area contributed by atoms with Crippen molar-refractivity contribution in [3.05, 3.63) is 46.6 Å². The highest BCUT2D eigenvalue weighted by atomic mass is 35.5. The van der Waals surface area contributed by atoms with E-state index in [2.05, 4.69) is 28.1 Å². The maximum absolute atomic E-state index is 9.40. The van der Waals surface area contributed by atoms with Gasteiger partial charge in [0.25, 0.3) is 0 Å². The molecule has 2 heterocycles. The highest BCUT2D eigenvalue weighted by molar-refractivity contribution is 6.33. The molecule has 0 amide bonds. The van der Waals surface area contributed by atoms with Gasteiger partial charge in [-0.15, -0.1) is 0 Å². The molecule has 0 bridgehead atoms. The molecule has 1 aliphatic rings. The van der Waals surface area contributed by atoms with Crippen LogP contribution >= 0.6 is 11.6 Å². The Morgan fingerprint density at radius 3 is 2.79 bits per heavy atom. The Morgan fingerprint density at radius 2 is 2.08 bits per heavy atom. The number of hydrogen-bond acceptors (Lipinski definition) is 5. The average molecular weight is 343 g/mol. The monoisotopic (exact) mass is 342 g/mol. The van der Waals surface area contributed by atoms with Crippen LogP contribution in [0.5, 0.6) is 0 Å². The summed E-state index contributed by atoms with van der Waals surface area (Å²) in [5.41, 5.74) is 2.11. The topological polar surface area (TPSA) is 56.3 Å². The van der Waals surface area contributed by atoms with E-state index in [1.165, 1.54) is 0 Å². The number of rotatable bonds is 4. The minimum atomic E-state index is 0.601. The van der Waals surface area contributed by atoms with E-state index in [0.717, 1.165) is 31.7 Å². The maximum Gasteiger partial charge on any atom is 0.168 e. The third kappa shape index (κ3) is 4.04. The minimum absolute atomic E-state index is 0.601. The molecule has 0 radical (unpaired) electrons. The van der Waals surface area contributed by atoms with Crippen molar-refractivity contribution in [1.29, 1.82) is 5.26 Å². The first-order chi connectivity index (χ1) is 11.7. The molecule has 0 atom stereocenters. The molecule has 0 saturated carbocycles. The summed E-state index contributed by atoms with van der Waals surface area (Å²) < 4.78 is 5.37. The number of aromatic nitrogens is 1. The molecule has 1 fully saturated rings. The maximum atomic E-state index is 9.40. The third-order valence-corrected chi connectivity index (χ3v) is 4.45. The summed E-state index contributed by atoms with van der Waals surface area (Å²) in [6.07, 6.45) is 1.78. The fourth-order valence-corrected chi connectivity index (χ4v) is 2.91. The second kappa shape index (κ2) is 7.63. The highest BCUT2D eigenvalue weighted by Crippen LogP contribution is 2.28. The Bertz CT molecular complexity index is 769. The van der Waals surface area contributed by atoms with Gasteiger partial charge in [0.05, 0.1) is 11.1 Å². The second-order valence-corrected chi connectivity index (χ2v) is 6.36. The number of halogens is 1. The first kappa shape index (κ1) is 16.7. The molecule has 0 spiro atoms. The zero-order valence-corrected chi connectivity index (χ0v) is 14.3.